The van der Waals surface area contributed by atoms with Crippen LogP contribution in [0.15, 0.2) is 30.6 Å². The van der Waals surface area contributed by atoms with Crippen molar-refractivity contribution in [2.45, 2.75) is 6.04 Å². The van der Waals surface area contributed by atoms with Crippen LogP contribution < -0.4 is 0 Å². The van der Waals surface area contributed by atoms with Crippen molar-refractivity contribution >= 4 is 17.7 Å². The minimum atomic E-state index is -0.990. The van der Waals surface area contributed by atoms with E-state index in [4.69, 9.17) is 5.11 Å². The first-order valence-electron chi connectivity index (χ1n) is 5.56. The fraction of sp³-hybridized carbons (Fsp3) is 0.250. The molecule has 1 aliphatic rings. The van der Waals surface area contributed by atoms with Crippen LogP contribution in [-0.2, 0) is 0 Å². The van der Waals surface area contributed by atoms with E-state index in [1.54, 1.807) is 18.5 Å². The Labute approximate surface area is 108 Å². The standard InChI is InChI=1S/C12H11N3O2S/c16-12(17)10-5-11(8-1-3-13-4-2-8)15(14-10)9-6-18-7-9/h1-5,9H,6-7H2,(H,16,17). The van der Waals surface area contributed by atoms with Crippen LogP contribution in [0.5, 0.6) is 0 Å². The van der Waals surface area contributed by atoms with E-state index in [2.05, 4.69) is 10.1 Å². The molecule has 5 nitrogen and oxygen atoms in total. The van der Waals surface area contributed by atoms with Gasteiger partial charge >= 0.3 is 5.97 Å². The summed E-state index contributed by atoms with van der Waals surface area (Å²) in [5, 5.41) is 13.2. The van der Waals surface area contributed by atoms with Crippen LogP contribution in [0.3, 0.4) is 0 Å². The van der Waals surface area contributed by atoms with E-state index in [1.807, 2.05) is 28.6 Å². The van der Waals surface area contributed by atoms with Gasteiger partial charge in [-0.05, 0) is 18.2 Å². The minimum absolute atomic E-state index is 0.0960. The summed E-state index contributed by atoms with van der Waals surface area (Å²) in [5.41, 5.74) is 1.89. The molecule has 3 heterocycles. The van der Waals surface area contributed by atoms with Crippen molar-refractivity contribution in [3.05, 3.63) is 36.3 Å². The summed E-state index contributed by atoms with van der Waals surface area (Å²) in [6.07, 6.45) is 3.39. The fourth-order valence-electron chi connectivity index (χ4n) is 1.88. The van der Waals surface area contributed by atoms with Crippen molar-refractivity contribution in [2.24, 2.45) is 0 Å². The highest BCUT2D eigenvalue weighted by molar-refractivity contribution is 8.00. The van der Waals surface area contributed by atoms with E-state index in [1.165, 1.54) is 0 Å². The molecule has 0 atom stereocenters. The lowest BCUT2D eigenvalue weighted by Gasteiger charge is -2.26. The molecule has 2 aromatic heterocycles. The van der Waals surface area contributed by atoms with Gasteiger partial charge in [-0.25, -0.2) is 4.79 Å². The average Bonchev–Trinajstić information content (AvgIpc) is 2.73. The Bertz CT molecular complexity index is 578. The number of aromatic nitrogens is 3. The Morgan fingerprint density at radius 3 is 2.67 bits per heavy atom. The van der Waals surface area contributed by atoms with Crippen molar-refractivity contribution in [1.29, 1.82) is 0 Å². The summed E-state index contributed by atoms with van der Waals surface area (Å²) in [5.74, 6) is 0.980. The number of carboxylic acid groups (broad SMARTS) is 1. The first-order chi connectivity index (χ1) is 8.75. The molecule has 0 spiro atoms. The fourth-order valence-corrected chi connectivity index (χ4v) is 2.61. The number of pyridine rings is 1. The SMILES string of the molecule is O=C(O)c1cc(-c2ccncc2)n(C2CSC2)n1. The van der Waals surface area contributed by atoms with E-state index in [0.717, 1.165) is 22.8 Å². The van der Waals surface area contributed by atoms with E-state index in [0.29, 0.717) is 6.04 Å². The smallest absolute Gasteiger partial charge is 0.356 e. The Morgan fingerprint density at radius 1 is 1.39 bits per heavy atom. The van der Waals surface area contributed by atoms with Gasteiger partial charge in [-0.1, -0.05) is 0 Å². The highest BCUT2D eigenvalue weighted by Gasteiger charge is 2.25. The van der Waals surface area contributed by atoms with Gasteiger partial charge in [-0.3, -0.25) is 9.67 Å². The molecule has 0 bridgehead atoms. The lowest BCUT2D eigenvalue weighted by Crippen LogP contribution is -2.24. The number of nitrogens with zero attached hydrogens (tertiary/aromatic N) is 3. The van der Waals surface area contributed by atoms with E-state index in [-0.39, 0.29) is 5.69 Å². The second-order valence-electron chi connectivity index (χ2n) is 4.09. The maximum atomic E-state index is 11.0. The van der Waals surface area contributed by atoms with E-state index in [9.17, 15) is 4.79 Å². The van der Waals surface area contributed by atoms with Crippen molar-refractivity contribution in [3.63, 3.8) is 0 Å². The number of carbonyl (C=O) groups is 1. The molecule has 0 amide bonds. The molecule has 0 aliphatic carbocycles. The predicted molar refractivity (Wildman–Crippen MR) is 68.8 cm³/mol. The minimum Gasteiger partial charge on any atom is -0.476 e. The average molecular weight is 261 g/mol. The molecule has 0 radical (unpaired) electrons. The lowest BCUT2D eigenvalue weighted by molar-refractivity contribution is 0.0689. The molecule has 3 rings (SSSR count). The van der Waals surface area contributed by atoms with Crippen LogP contribution in [0.2, 0.25) is 0 Å². The van der Waals surface area contributed by atoms with Crippen LogP contribution in [0.25, 0.3) is 11.3 Å². The molecule has 1 N–H and O–H groups in total. The Morgan fingerprint density at radius 2 is 2.11 bits per heavy atom. The first kappa shape index (κ1) is 11.3. The van der Waals surface area contributed by atoms with Gasteiger partial charge in [0.05, 0.1) is 11.7 Å². The summed E-state index contributed by atoms with van der Waals surface area (Å²) in [6.45, 7) is 0. The molecule has 1 aliphatic heterocycles. The third-order valence-corrected chi connectivity index (χ3v) is 4.14. The molecule has 6 heteroatoms. The van der Waals surface area contributed by atoms with Crippen LogP contribution in [0, 0.1) is 0 Å². The molecule has 2 aromatic rings. The number of aromatic carboxylic acids is 1. The Hall–Kier alpha value is -1.82. The van der Waals surface area contributed by atoms with Gasteiger partial charge in [-0.2, -0.15) is 16.9 Å². The van der Waals surface area contributed by atoms with Gasteiger partial charge in [0.1, 0.15) is 0 Å². The number of carboxylic acids is 1. The van der Waals surface area contributed by atoms with Crippen LogP contribution >= 0.6 is 11.8 Å². The van der Waals surface area contributed by atoms with E-state index >= 15 is 0 Å². The third kappa shape index (κ3) is 1.88. The number of hydrogen-bond acceptors (Lipinski definition) is 4. The van der Waals surface area contributed by atoms with Gasteiger partial charge in [-0.15, -0.1) is 0 Å². The third-order valence-electron chi connectivity index (χ3n) is 2.90. The van der Waals surface area contributed by atoms with Crippen LogP contribution in [0.4, 0.5) is 0 Å². The van der Waals surface area contributed by atoms with Crippen LogP contribution in [-0.4, -0.2) is 37.3 Å². The highest BCUT2D eigenvalue weighted by atomic mass is 32.2. The molecule has 92 valence electrons. The number of thioether (sulfide) groups is 1. The maximum Gasteiger partial charge on any atom is 0.356 e. The topological polar surface area (TPSA) is 68.0 Å². The second kappa shape index (κ2) is 4.45. The van der Waals surface area contributed by atoms with Gasteiger partial charge in [0, 0.05) is 29.5 Å². The molecule has 1 saturated heterocycles. The molecule has 1 fully saturated rings. The number of hydrogen-bond donors (Lipinski definition) is 1. The summed E-state index contributed by atoms with van der Waals surface area (Å²) < 4.78 is 1.83. The Kier molecular flexibility index (Phi) is 2.79. The van der Waals surface area contributed by atoms with Gasteiger partial charge < -0.3 is 5.11 Å². The Balaban J connectivity index is 2.08. The van der Waals surface area contributed by atoms with Gasteiger partial charge in [0.15, 0.2) is 5.69 Å². The lowest BCUT2D eigenvalue weighted by atomic mass is 10.2. The van der Waals surface area contributed by atoms with Crippen molar-refractivity contribution in [2.75, 3.05) is 11.5 Å². The second-order valence-corrected chi connectivity index (χ2v) is 5.17. The highest BCUT2D eigenvalue weighted by Crippen LogP contribution is 2.33. The van der Waals surface area contributed by atoms with Crippen LogP contribution in [0.1, 0.15) is 16.5 Å². The van der Waals surface area contributed by atoms with E-state index < -0.39 is 5.97 Å². The molecular weight excluding hydrogens is 250 g/mol. The monoisotopic (exact) mass is 261 g/mol. The summed E-state index contributed by atoms with van der Waals surface area (Å²) in [6, 6.07) is 5.66. The maximum absolute atomic E-state index is 11.0. The van der Waals surface area contributed by atoms with Crippen molar-refractivity contribution in [1.82, 2.24) is 14.8 Å². The molecule has 0 aromatic carbocycles. The zero-order chi connectivity index (χ0) is 12.5. The zero-order valence-electron chi connectivity index (χ0n) is 9.48. The van der Waals surface area contributed by atoms with Gasteiger partial charge in [0.25, 0.3) is 0 Å². The van der Waals surface area contributed by atoms with Gasteiger partial charge in [0.2, 0.25) is 0 Å². The largest absolute Gasteiger partial charge is 0.476 e. The molecular formula is C12H11N3O2S. The molecule has 0 unspecified atom stereocenters. The summed E-state index contributed by atoms with van der Waals surface area (Å²) in [7, 11) is 0. The summed E-state index contributed by atoms with van der Waals surface area (Å²) in [4.78, 5) is 15.0. The molecule has 0 saturated carbocycles. The van der Waals surface area contributed by atoms with Crippen molar-refractivity contribution < 1.29 is 9.90 Å². The quantitative estimate of drug-likeness (QED) is 0.914. The zero-order valence-corrected chi connectivity index (χ0v) is 10.3. The molecule has 18 heavy (non-hydrogen) atoms. The normalized spacial score (nSPS) is 15.3. The predicted octanol–water partition coefficient (Wildman–Crippen LogP) is 1.93. The first-order valence-corrected chi connectivity index (χ1v) is 6.72. The summed E-state index contributed by atoms with van der Waals surface area (Å²) >= 11 is 1.84. The number of rotatable bonds is 3. The van der Waals surface area contributed by atoms with Crippen molar-refractivity contribution in [3.8, 4) is 11.3 Å².